The van der Waals surface area contributed by atoms with Gasteiger partial charge in [0.15, 0.2) is 5.65 Å². The summed E-state index contributed by atoms with van der Waals surface area (Å²) in [6, 6.07) is 3.69. The molecule has 0 fully saturated rings. The van der Waals surface area contributed by atoms with Gasteiger partial charge in [-0.3, -0.25) is 4.57 Å². The van der Waals surface area contributed by atoms with Crippen molar-refractivity contribution in [3.05, 3.63) is 29.7 Å². The number of hydrogen-bond acceptors (Lipinski definition) is 5. The van der Waals surface area contributed by atoms with Gasteiger partial charge in [-0.15, -0.1) is 0 Å². The van der Waals surface area contributed by atoms with Gasteiger partial charge < -0.3 is 9.05 Å². The van der Waals surface area contributed by atoms with E-state index in [4.69, 9.17) is 9.05 Å². The predicted octanol–water partition coefficient (Wildman–Crippen LogP) is 3.36. The van der Waals surface area contributed by atoms with Crippen molar-refractivity contribution >= 4 is 13.2 Å². The SMILES string of the molecule is CCOP(=O)(OCC)C(C)c1cc(C)nc2ccnn12. The van der Waals surface area contributed by atoms with Crippen molar-refractivity contribution in [2.24, 2.45) is 0 Å². The fourth-order valence-corrected chi connectivity index (χ4v) is 3.90. The van der Waals surface area contributed by atoms with Gasteiger partial charge in [-0.2, -0.15) is 5.10 Å². The molecule has 1 unspecified atom stereocenters. The van der Waals surface area contributed by atoms with E-state index < -0.39 is 13.3 Å². The van der Waals surface area contributed by atoms with Gasteiger partial charge in [0.25, 0.3) is 0 Å². The molecule has 2 aromatic rings. The first-order chi connectivity index (χ1) is 9.51. The second-order valence-corrected chi connectivity index (χ2v) is 6.85. The Hall–Kier alpha value is -1.23. The first kappa shape index (κ1) is 15.2. The zero-order valence-electron chi connectivity index (χ0n) is 12.2. The standard InChI is InChI=1S/C13H20N3O3P/c1-5-18-20(17,19-6-2)11(4)12-9-10(3)15-13-7-8-14-16(12)13/h7-9,11H,5-6H2,1-4H3. The van der Waals surface area contributed by atoms with Crippen LogP contribution in [0.4, 0.5) is 0 Å². The molecule has 1 atom stereocenters. The lowest BCUT2D eigenvalue weighted by atomic mass is 10.3. The molecule has 20 heavy (non-hydrogen) atoms. The molecule has 0 aliphatic rings. The summed E-state index contributed by atoms with van der Waals surface area (Å²) in [6.07, 6.45) is 1.67. The van der Waals surface area contributed by atoms with E-state index in [-0.39, 0.29) is 0 Å². The van der Waals surface area contributed by atoms with Crippen molar-refractivity contribution in [3.63, 3.8) is 0 Å². The van der Waals surface area contributed by atoms with E-state index in [1.54, 1.807) is 24.6 Å². The molecule has 2 heterocycles. The van der Waals surface area contributed by atoms with Crippen LogP contribution in [0.15, 0.2) is 18.3 Å². The molecule has 0 aromatic carbocycles. The topological polar surface area (TPSA) is 65.7 Å². The first-order valence-electron chi connectivity index (χ1n) is 6.72. The van der Waals surface area contributed by atoms with Crippen LogP contribution < -0.4 is 0 Å². The number of hydrogen-bond donors (Lipinski definition) is 0. The van der Waals surface area contributed by atoms with E-state index in [0.29, 0.717) is 13.2 Å². The Morgan fingerprint density at radius 1 is 1.35 bits per heavy atom. The van der Waals surface area contributed by atoms with Gasteiger partial charge in [-0.05, 0) is 33.8 Å². The van der Waals surface area contributed by atoms with Gasteiger partial charge in [0.05, 0.1) is 25.1 Å². The fourth-order valence-electron chi connectivity index (χ4n) is 2.15. The minimum Gasteiger partial charge on any atom is -0.308 e. The lowest BCUT2D eigenvalue weighted by Gasteiger charge is -2.24. The van der Waals surface area contributed by atoms with Gasteiger partial charge in [0.1, 0.15) is 5.66 Å². The van der Waals surface area contributed by atoms with E-state index in [0.717, 1.165) is 17.0 Å². The first-order valence-corrected chi connectivity index (χ1v) is 8.33. The van der Waals surface area contributed by atoms with Crippen LogP contribution in [-0.4, -0.2) is 27.8 Å². The van der Waals surface area contributed by atoms with Crippen LogP contribution in [0.5, 0.6) is 0 Å². The van der Waals surface area contributed by atoms with Crippen LogP contribution in [0.3, 0.4) is 0 Å². The predicted molar refractivity (Wildman–Crippen MR) is 77.0 cm³/mol. The lowest BCUT2D eigenvalue weighted by Crippen LogP contribution is -2.10. The molecule has 0 spiro atoms. The van der Waals surface area contributed by atoms with Crippen LogP contribution in [-0.2, 0) is 13.6 Å². The van der Waals surface area contributed by atoms with Gasteiger partial charge in [0, 0.05) is 11.8 Å². The third kappa shape index (κ3) is 2.77. The van der Waals surface area contributed by atoms with Crippen molar-refractivity contribution in [3.8, 4) is 0 Å². The molecule has 6 nitrogen and oxygen atoms in total. The normalized spacial score (nSPS) is 13.8. The summed E-state index contributed by atoms with van der Waals surface area (Å²) < 4.78 is 25.4. The Bertz CT molecular complexity index is 631. The summed E-state index contributed by atoms with van der Waals surface area (Å²) in [6.45, 7) is 8.03. The Morgan fingerprint density at radius 3 is 2.60 bits per heavy atom. The van der Waals surface area contributed by atoms with Gasteiger partial charge in [-0.25, -0.2) is 9.50 Å². The molecule has 0 radical (unpaired) electrons. The van der Waals surface area contributed by atoms with Crippen molar-refractivity contribution in [2.45, 2.75) is 33.4 Å². The number of nitrogens with zero attached hydrogens (tertiary/aromatic N) is 3. The average Bonchev–Trinajstić information content (AvgIpc) is 2.85. The molecule has 2 rings (SSSR count). The highest BCUT2D eigenvalue weighted by molar-refractivity contribution is 7.54. The highest BCUT2D eigenvalue weighted by Crippen LogP contribution is 2.60. The molecule has 0 aliphatic heterocycles. The van der Waals surface area contributed by atoms with Gasteiger partial charge in [-0.1, -0.05) is 0 Å². The number of fused-ring (bicyclic) bond motifs is 1. The van der Waals surface area contributed by atoms with Crippen molar-refractivity contribution < 1.29 is 13.6 Å². The maximum atomic E-state index is 12.9. The molecule has 0 bridgehead atoms. The molecule has 0 saturated heterocycles. The molecular formula is C13H20N3O3P. The third-order valence-corrected chi connectivity index (χ3v) is 5.48. The van der Waals surface area contributed by atoms with Crippen LogP contribution in [0, 0.1) is 6.92 Å². The smallest absolute Gasteiger partial charge is 0.308 e. The van der Waals surface area contributed by atoms with Crippen LogP contribution in [0.1, 0.15) is 37.8 Å². The summed E-state index contributed by atoms with van der Waals surface area (Å²) in [5, 5.41) is 4.24. The molecular weight excluding hydrogens is 277 g/mol. The number of aromatic nitrogens is 3. The van der Waals surface area contributed by atoms with E-state index in [1.807, 2.05) is 26.0 Å². The summed E-state index contributed by atoms with van der Waals surface area (Å²) >= 11 is 0. The Labute approximate surface area is 118 Å². The van der Waals surface area contributed by atoms with Gasteiger partial charge >= 0.3 is 7.60 Å². The summed E-state index contributed by atoms with van der Waals surface area (Å²) in [5.74, 6) is 0. The molecule has 0 saturated carbocycles. The Morgan fingerprint density at radius 2 is 2.00 bits per heavy atom. The minimum atomic E-state index is -3.22. The largest absolute Gasteiger partial charge is 0.339 e. The van der Waals surface area contributed by atoms with Crippen molar-refractivity contribution in [1.82, 2.24) is 14.6 Å². The second-order valence-electron chi connectivity index (χ2n) is 4.47. The number of rotatable bonds is 6. The van der Waals surface area contributed by atoms with Gasteiger partial charge in [0.2, 0.25) is 0 Å². The van der Waals surface area contributed by atoms with Crippen LogP contribution >= 0.6 is 7.60 Å². The molecule has 0 aliphatic carbocycles. The summed E-state index contributed by atoms with van der Waals surface area (Å²) in [7, 11) is -3.22. The summed E-state index contributed by atoms with van der Waals surface area (Å²) in [4.78, 5) is 4.38. The average molecular weight is 297 g/mol. The van der Waals surface area contributed by atoms with Crippen LogP contribution in [0.25, 0.3) is 5.65 Å². The van der Waals surface area contributed by atoms with Crippen molar-refractivity contribution in [1.29, 1.82) is 0 Å². The zero-order valence-corrected chi connectivity index (χ0v) is 13.1. The van der Waals surface area contributed by atoms with E-state index >= 15 is 0 Å². The minimum absolute atomic E-state index is 0.341. The molecule has 7 heteroatoms. The second kappa shape index (κ2) is 6.04. The fraction of sp³-hybridized carbons (Fsp3) is 0.538. The van der Waals surface area contributed by atoms with E-state index in [2.05, 4.69) is 10.1 Å². The third-order valence-electron chi connectivity index (χ3n) is 3.04. The Balaban J connectivity index is 2.51. The zero-order chi connectivity index (χ0) is 14.8. The maximum absolute atomic E-state index is 12.9. The monoisotopic (exact) mass is 297 g/mol. The van der Waals surface area contributed by atoms with E-state index in [1.165, 1.54) is 0 Å². The van der Waals surface area contributed by atoms with Crippen molar-refractivity contribution in [2.75, 3.05) is 13.2 Å². The molecule has 2 aromatic heterocycles. The molecule has 0 N–H and O–H groups in total. The highest BCUT2D eigenvalue weighted by atomic mass is 31.2. The van der Waals surface area contributed by atoms with Crippen LogP contribution in [0.2, 0.25) is 0 Å². The van der Waals surface area contributed by atoms with E-state index in [9.17, 15) is 4.57 Å². The maximum Gasteiger partial charge on any atom is 0.339 e. The lowest BCUT2D eigenvalue weighted by molar-refractivity contribution is 0.213. The quantitative estimate of drug-likeness (QED) is 0.765. The highest BCUT2D eigenvalue weighted by Gasteiger charge is 2.35. The number of aryl methyl sites for hydroxylation is 1. The Kier molecular flexibility index (Phi) is 4.58. The molecule has 110 valence electrons. The molecule has 0 amide bonds. The summed E-state index contributed by atoms with van der Waals surface area (Å²) in [5.41, 5.74) is 1.94.